The van der Waals surface area contributed by atoms with E-state index in [1.54, 1.807) is 12.3 Å². The number of H-pyrrole nitrogens is 1. The second-order valence-corrected chi connectivity index (χ2v) is 1.96. The molecule has 0 atom stereocenters. The van der Waals surface area contributed by atoms with E-state index < -0.39 is 6.09 Å². The molecule has 4 nitrogen and oxygen atoms in total. The Bertz CT molecular complexity index is 242. The molecule has 54 valence electrons. The molecule has 10 heavy (non-hydrogen) atoms. The lowest BCUT2D eigenvalue weighted by molar-refractivity contribution is 0.209. The van der Waals surface area contributed by atoms with Crippen LogP contribution < -0.4 is 10.5 Å². The third-order valence-corrected chi connectivity index (χ3v) is 1.01. The van der Waals surface area contributed by atoms with Gasteiger partial charge in [-0.2, -0.15) is 0 Å². The number of carbonyl (C=O) groups excluding carboxylic acids is 1. The molecule has 0 aromatic carbocycles. The molecule has 0 aliphatic rings. The van der Waals surface area contributed by atoms with Crippen molar-refractivity contribution in [2.75, 3.05) is 0 Å². The lowest BCUT2D eigenvalue weighted by atomic mass is 10.4. The van der Waals surface area contributed by atoms with E-state index in [1.807, 2.05) is 6.92 Å². The first-order valence-electron chi connectivity index (χ1n) is 2.81. The maximum Gasteiger partial charge on any atom is 0.411 e. The molecular weight excluding hydrogens is 132 g/mol. The Balaban J connectivity index is 2.67. The van der Waals surface area contributed by atoms with Gasteiger partial charge in [-0.15, -0.1) is 0 Å². The number of aromatic amines is 1. The molecule has 0 bridgehead atoms. The molecule has 0 saturated heterocycles. The molecule has 0 saturated carbocycles. The number of nitrogens with one attached hydrogen (secondary N) is 1. The van der Waals surface area contributed by atoms with Gasteiger partial charge in [0.2, 0.25) is 5.88 Å². The number of nitrogens with two attached hydrogens (primary N) is 1. The number of rotatable bonds is 1. The Hall–Kier alpha value is -1.45. The van der Waals surface area contributed by atoms with Gasteiger partial charge in [-0.1, -0.05) is 0 Å². The van der Waals surface area contributed by atoms with E-state index in [4.69, 9.17) is 5.73 Å². The highest BCUT2D eigenvalue weighted by molar-refractivity contribution is 5.67. The number of aryl methyl sites for hydroxylation is 1. The van der Waals surface area contributed by atoms with E-state index in [-0.39, 0.29) is 0 Å². The Morgan fingerprint density at radius 1 is 1.80 bits per heavy atom. The largest absolute Gasteiger partial charge is 0.411 e. The van der Waals surface area contributed by atoms with Crippen LogP contribution in [0.1, 0.15) is 5.56 Å². The van der Waals surface area contributed by atoms with Gasteiger partial charge >= 0.3 is 6.09 Å². The first-order valence-corrected chi connectivity index (χ1v) is 2.81. The van der Waals surface area contributed by atoms with Gasteiger partial charge in [-0.25, -0.2) is 4.79 Å². The van der Waals surface area contributed by atoms with Gasteiger partial charge in [0, 0.05) is 12.3 Å². The van der Waals surface area contributed by atoms with E-state index in [2.05, 4.69) is 9.72 Å². The SMILES string of the molecule is Cc1c[nH]c(OC(N)=O)c1. The summed E-state index contributed by atoms with van der Waals surface area (Å²) in [7, 11) is 0. The number of primary amides is 1. The van der Waals surface area contributed by atoms with Crippen molar-refractivity contribution in [3.63, 3.8) is 0 Å². The monoisotopic (exact) mass is 140 g/mol. The maximum absolute atomic E-state index is 10.2. The van der Waals surface area contributed by atoms with E-state index in [0.29, 0.717) is 5.88 Å². The summed E-state index contributed by atoms with van der Waals surface area (Å²) in [6.45, 7) is 1.88. The molecule has 0 aliphatic heterocycles. The van der Waals surface area contributed by atoms with Gasteiger partial charge < -0.3 is 15.5 Å². The summed E-state index contributed by atoms with van der Waals surface area (Å²) in [5.74, 6) is 0.380. The van der Waals surface area contributed by atoms with Crippen molar-refractivity contribution in [3.05, 3.63) is 17.8 Å². The van der Waals surface area contributed by atoms with Crippen molar-refractivity contribution in [1.29, 1.82) is 0 Å². The molecule has 0 unspecified atom stereocenters. The lowest BCUT2D eigenvalue weighted by Gasteiger charge is -1.92. The third kappa shape index (κ3) is 1.51. The van der Waals surface area contributed by atoms with Crippen molar-refractivity contribution < 1.29 is 9.53 Å². The summed E-state index contributed by atoms with van der Waals surface area (Å²) in [6, 6.07) is 1.69. The fourth-order valence-corrected chi connectivity index (χ4v) is 0.642. The minimum atomic E-state index is -0.804. The summed E-state index contributed by atoms with van der Waals surface area (Å²) < 4.78 is 4.52. The molecule has 1 aromatic rings. The quantitative estimate of drug-likeness (QED) is 0.605. The molecule has 0 fully saturated rings. The molecule has 4 heteroatoms. The molecule has 1 aromatic heterocycles. The fourth-order valence-electron chi connectivity index (χ4n) is 0.642. The minimum absolute atomic E-state index is 0.380. The predicted octanol–water partition coefficient (Wildman–Crippen LogP) is 0.781. The summed E-state index contributed by atoms with van der Waals surface area (Å²) in [5, 5.41) is 0. The summed E-state index contributed by atoms with van der Waals surface area (Å²) in [6.07, 6.45) is 0.917. The normalized spacial score (nSPS) is 9.30. The van der Waals surface area contributed by atoms with Gasteiger partial charge in [-0.3, -0.25) is 0 Å². The van der Waals surface area contributed by atoms with Crippen LogP contribution in [0.5, 0.6) is 5.88 Å². The highest BCUT2D eigenvalue weighted by Crippen LogP contribution is 2.08. The number of hydrogen-bond donors (Lipinski definition) is 2. The number of amides is 1. The Morgan fingerprint density at radius 3 is 2.90 bits per heavy atom. The molecule has 0 radical (unpaired) electrons. The van der Waals surface area contributed by atoms with E-state index in [9.17, 15) is 4.79 Å². The van der Waals surface area contributed by atoms with Gasteiger partial charge in [-0.05, 0) is 12.5 Å². The zero-order valence-electron chi connectivity index (χ0n) is 5.55. The summed E-state index contributed by atoms with van der Waals surface area (Å²) in [4.78, 5) is 12.9. The highest BCUT2D eigenvalue weighted by atomic mass is 16.6. The van der Waals surface area contributed by atoms with E-state index in [0.717, 1.165) is 5.56 Å². The second-order valence-electron chi connectivity index (χ2n) is 1.96. The molecule has 0 spiro atoms. The standard InChI is InChI=1S/C6H8N2O2/c1-4-2-5(8-3-4)10-6(7)9/h2-3,8H,1H3,(H2,7,9). The van der Waals surface area contributed by atoms with Crippen molar-refractivity contribution in [1.82, 2.24) is 4.98 Å². The summed E-state index contributed by atoms with van der Waals surface area (Å²) in [5.41, 5.74) is 5.75. The first kappa shape index (κ1) is 6.67. The average Bonchev–Trinajstić information content (AvgIpc) is 2.13. The molecule has 1 rings (SSSR count). The third-order valence-electron chi connectivity index (χ3n) is 1.01. The average molecular weight is 140 g/mol. The van der Waals surface area contributed by atoms with Crippen LogP contribution in [0.3, 0.4) is 0 Å². The number of hydrogen-bond acceptors (Lipinski definition) is 2. The van der Waals surface area contributed by atoms with Crippen LogP contribution in [0, 0.1) is 6.92 Å². The van der Waals surface area contributed by atoms with Gasteiger partial charge in [0.1, 0.15) is 0 Å². The van der Waals surface area contributed by atoms with Gasteiger partial charge in [0.15, 0.2) is 0 Å². The Labute approximate surface area is 58.0 Å². The van der Waals surface area contributed by atoms with Crippen molar-refractivity contribution in [2.45, 2.75) is 6.92 Å². The Kier molecular flexibility index (Phi) is 1.62. The predicted molar refractivity (Wildman–Crippen MR) is 35.7 cm³/mol. The number of aromatic nitrogens is 1. The molecule has 1 amide bonds. The van der Waals surface area contributed by atoms with E-state index in [1.165, 1.54) is 0 Å². The van der Waals surface area contributed by atoms with E-state index >= 15 is 0 Å². The lowest BCUT2D eigenvalue weighted by Crippen LogP contribution is -2.16. The zero-order chi connectivity index (χ0) is 7.56. The summed E-state index contributed by atoms with van der Waals surface area (Å²) >= 11 is 0. The van der Waals surface area contributed by atoms with Crippen LogP contribution in [0.2, 0.25) is 0 Å². The van der Waals surface area contributed by atoms with Crippen molar-refractivity contribution in [2.24, 2.45) is 5.73 Å². The smallest absolute Gasteiger partial charge is 0.393 e. The maximum atomic E-state index is 10.2. The molecule has 1 heterocycles. The fraction of sp³-hybridized carbons (Fsp3) is 0.167. The van der Waals surface area contributed by atoms with Crippen LogP contribution in [0.25, 0.3) is 0 Å². The van der Waals surface area contributed by atoms with Crippen LogP contribution >= 0.6 is 0 Å². The first-order chi connectivity index (χ1) is 4.68. The second kappa shape index (κ2) is 2.43. The molecule has 0 aliphatic carbocycles. The molecular formula is C6H8N2O2. The van der Waals surface area contributed by atoms with Crippen LogP contribution in [-0.4, -0.2) is 11.1 Å². The molecule has 3 N–H and O–H groups in total. The van der Waals surface area contributed by atoms with Gasteiger partial charge in [0.25, 0.3) is 0 Å². The number of carbonyl (C=O) groups is 1. The van der Waals surface area contributed by atoms with Crippen LogP contribution in [0.4, 0.5) is 4.79 Å². The van der Waals surface area contributed by atoms with Crippen molar-refractivity contribution >= 4 is 6.09 Å². The zero-order valence-corrected chi connectivity index (χ0v) is 5.55. The highest BCUT2D eigenvalue weighted by Gasteiger charge is 1.98. The van der Waals surface area contributed by atoms with Crippen LogP contribution in [-0.2, 0) is 0 Å². The minimum Gasteiger partial charge on any atom is -0.393 e. The topological polar surface area (TPSA) is 68.1 Å². The van der Waals surface area contributed by atoms with Crippen molar-refractivity contribution in [3.8, 4) is 5.88 Å². The van der Waals surface area contributed by atoms with Gasteiger partial charge in [0.05, 0.1) is 0 Å². The Morgan fingerprint density at radius 2 is 2.50 bits per heavy atom. The number of ether oxygens (including phenoxy) is 1. The van der Waals surface area contributed by atoms with Crippen LogP contribution in [0.15, 0.2) is 12.3 Å².